The number of allylic oxidation sites excluding steroid dienone is 8. The molecule has 16 atom stereocenters. The Balaban J connectivity index is 0.000000266. The second-order valence-electron chi connectivity index (χ2n) is 35.6. The summed E-state index contributed by atoms with van der Waals surface area (Å²) < 4.78 is 12.2. The van der Waals surface area contributed by atoms with E-state index in [0.717, 1.165) is 129 Å². The minimum absolute atomic E-state index is 0.0477. The lowest BCUT2D eigenvalue weighted by atomic mass is 9.47. The van der Waals surface area contributed by atoms with E-state index in [0.29, 0.717) is 34.5 Å². The van der Waals surface area contributed by atoms with Crippen molar-refractivity contribution in [1.82, 2.24) is 0 Å². The number of esters is 2. The van der Waals surface area contributed by atoms with E-state index in [-0.39, 0.29) is 24.1 Å². The predicted octanol–water partition coefficient (Wildman–Crippen LogP) is 27.7. The largest absolute Gasteiger partial charge is 0.462 e. The Labute approximate surface area is 583 Å². The number of carbonyl (C=O) groups is 2. The van der Waals surface area contributed by atoms with Crippen molar-refractivity contribution in [3.8, 4) is 0 Å². The summed E-state index contributed by atoms with van der Waals surface area (Å²) in [5, 5.41) is 0. The van der Waals surface area contributed by atoms with Crippen molar-refractivity contribution >= 4 is 11.9 Å². The maximum absolute atomic E-state index is 12.8. The van der Waals surface area contributed by atoms with Crippen LogP contribution in [0.2, 0.25) is 0 Å². The van der Waals surface area contributed by atoms with Crippen molar-refractivity contribution in [2.24, 2.45) is 92.7 Å². The third-order valence-electron chi connectivity index (χ3n) is 28.1. The van der Waals surface area contributed by atoms with Gasteiger partial charge in [0.05, 0.1) is 0 Å². The van der Waals surface area contributed by atoms with Crippen LogP contribution in [0.3, 0.4) is 0 Å². The van der Waals surface area contributed by atoms with Crippen LogP contribution < -0.4 is 0 Å². The molecule has 0 radical (unpaired) electrons. The van der Waals surface area contributed by atoms with E-state index in [2.05, 4.69) is 132 Å². The Morgan fingerprint density at radius 2 is 0.777 bits per heavy atom. The first-order valence-corrected chi connectivity index (χ1v) is 42.1. The van der Waals surface area contributed by atoms with Crippen LogP contribution in [-0.2, 0) is 19.1 Å². The van der Waals surface area contributed by atoms with Crippen LogP contribution in [0.15, 0.2) is 59.8 Å². The third kappa shape index (κ3) is 22.8. The normalized spacial score (nSPS) is 32.7. The van der Waals surface area contributed by atoms with Crippen LogP contribution in [0, 0.1) is 92.7 Å². The summed E-state index contributed by atoms with van der Waals surface area (Å²) >= 11 is 0. The van der Waals surface area contributed by atoms with Crippen LogP contribution in [0.4, 0.5) is 0 Å². The van der Waals surface area contributed by atoms with Crippen LogP contribution in [0.1, 0.15) is 391 Å². The molecule has 0 aliphatic heterocycles. The maximum Gasteiger partial charge on any atom is 0.306 e. The molecule has 4 nitrogen and oxygen atoms in total. The highest BCUT2D eigenvalue weighted by atomic mass is 16.5. The smallest absolute Gasteiger partial charge is 0.306 e. The zero-order chi connectivity index (χ0) is 67.4. The molecule has 0 bridgehead atoms. The van der Waals surface area contributed by atoms with Crippen molar-refractivity contribution in [3.63, 3.8) is 0 Å². The van der Waals surface area contributed by atoms with E-state index in [1.165, 1.54) is 238 Å². The van der Waals surface area contributed by atoms with Gasteiger partial charge in [-0.15, -0.1) is 0 Å². The van der Waals surface area contributed by atoms with E-state index in [1.54, 1.807) is 11.1 Å². The van der Waals surface area contributed by atoms with E-state index >= 15 is 0 Å². The first-order chi connectivity index (χ1) is 45.4. The molecule has 0 N–H and O–H groups in total. The molecule has 6 saturated carbocycles. The minimum atomic E-state index is 0.0477. The van der Waals surface area contributed by atoms with Crippen LogP contribution in [0.5, 0.6) is 0 Å². The molecule has 8 aliphatic carbocycles. The second-order valence-corrected chi connectivity index (χ2v) is 35.6. The average molecular weight is 1300 g/mol. The summed E-state index contributed by atoms with van der Waals surface area (Å²) in [4.78, 5) is 25.6. The van der Waals surface area contributed by atoms with Gasteiger partial charge in [-0.2, -0.15) is 0 Å². The number of carbonyl (C=O) groups excluding carboxylic acids is 2. The molecule has 0 saturated heterocycles. The number of fused-ring (bicyclic) bond motifs is 10. The minimum Gasteiger partial charge on any atom is -0.462 e. The molecule has 6 fully saturated rings. The quantitative estimate of drug-likeness (QED) is 0.0348. The fourth-order valence-corrected chi connectivity index (χ4v) is 22.4. The molecule has 0 amide bonds. The molecule has 8 rings (SSSR count). The van der Waals surface area contributed by atoms with E-state index in [1.807, 2.05) is 0 Å². The number of rotatable bonds is 41. The Bertz CT molecular complexity index is 2310. The predicted molar refractivity (Wildman–Crippen MR) is 405 cm³/mol. The molecule has 0 aromatic heterocycles. The lowest BCUT2D eigenvalue weighted by Gasteiger charge is -2.58. The number of ether oxygens (including phenoxy) is 2. The van der Waals surface area contributed by atoms with Crippen LogP contribution >= 0.6 is 0 Å². The number of hydrogen-bond acceptors (Lipinski definition) is 4. The molecule has 94 heavy (non-hydrogen) atoms. The van der Waals surface area contributed by atoms with Crippen LogP contribution in [-0.4, -0.2) is 24.1 Å². The molecule has 538 valence electrons. The monoisotopic (exact) mass is 1300 g/mol. The Kier molecular flexibility index (Phi) is 34.3. The summed E-state index contributed by atoms with van der Waals surface area (Å²) in [7, 11) is 0. The lowest BCUT2D eigenvalue weighted by Crippen LogP contribution is -2.51. The third-order valence-corrected chi connectivity index (χ3v) is 28.1. The molecule has 4 heteroatoms. The highest BCUT2D eigenvalue weighted by Crippen LogP contribution is 2.69. The summed E-state index contributed by atoms with van der Waals surface area (Å²) in [6.07, 6.45) is 80.0. The summed E-state index contributed by atoms with van der Waals surface area (Å²) in [5.41, 5.74) is 5.04. The van der Waals surface area contributed by atoms with Gasteiger partial charge in [-0.05, 0) is 253 Å². The molecular weight excluding hydrogens is 1140 g/mol. The van der Waals surface area contributed by atoms with Crippen molar-refractivity contribution in [1.29, 1.82) is 0 Å². The van der Waals surface area contributed by atoms with Gasteiger partial charge in [0.25, 0.3) is 0 Å². The highest BCUT2D eigenvalue weighted by Gasteiger charge is 2.61. The van der Waals surface area contributed by atoms with E-state index in [4.69, 9.17) is 9.47 Å². The van der Waals surface area contributed by atoms with Crippen LogP contribution in [0.25, 0.3) is 0 Å². The lowest BCUT2D eigenvalue weighted by molar-refractivity contribution is -0.152. The second kappa shape index (κ2) is 40.8. The van der Waals surface area contributed by atoms with Gasteiger partial charge < -0.3 is 9.47 Å². The molecular formula is C90H154O4. The van der Waals surface area contributed by atoms with Crippen molar-refractivity contribution in [2.45, 2.75) is 403 Å². The zero-order valence-electron chi connectivity index (χ0n) is 64.3. The standard InChI is InChI=1S/C45H78O2.C45H76O2/c2*1-7-8-9-10-11-12-13-14-15-16-17-18-19-20-21-25-43(46)47-38-30-32-44(5)37(34-38)26-27-39-41-29-28-40(36(4)24-22-23-35(2)3)45(41,6)33-31-42(39)44/h14-15,26,35-36,38-42H,7-13,16-25,27-34H2,1-6H3;11-12,14-15,26,35-36,38-42H,7-10,13,16-25,27-34H2,1-6H3/b15-14-;12-11-,15-14-/t2*36-,38+,39+,40-,41+,42+,44+,45-/m11/s1. The summed E-state index contributed by atoms with van der Waals surface area (Å²) in [6.45, 7) is 29.8. The van der Waals surface area contributed by atoms with Crippen molar-refractivity contribution < 1.29 is 19.1 Å². The zero-order valence-corrected chi connectivity index (χ0v) is 64.3. The molecule has 0 aromatic carbocycles. The van der Waals surface area contributed by atoms with Crippen molar-refractivity contribution in [2.75, 3.05) is 0 Å². The van der Waals surface area contributed by atoms with Gasteiger partial charge in [-0.1, -0.05) is 265 Å². The topological polar surface area (TPSA) is 52.6 Å². The number of unbranched alkanes of at least 4 members (excludes halogenated alkanes) is 19. The first-order valence-electron chi connectivity index (χ1n) is 42.1. The first kappa shape index (κ1) is 79.0. The molecule has 0 unspecified atom stereocenters. The molecule has 0 spiro atoms. The van der Waals surface area contributed by atoms with Gasteiger partial charge in [0, 0.05) is 25.7 Å². The van der Waals surface area contributed by atoms with E-state index < -0.39 is 0 Å². The maximum atomic E-state index is 12.8. The fourth-order valence-electron chi connectivity index (χ4n) is 22.4. The summed E-state index contributed by atoms with van der Waals surface area (Å²) in [5.74, 6) is 10.6. The van der Waals surface area contributed by atoms with Gasteiger partial charge in [0.1, 0.15) is 12.2 Å². The molecule has 8 aliphatic rings. The van der Waals surface area contributed by atoms with E-state index in [9.17, 15) is 9.59 Å². The number of hydrogen-bond donors (Lipinski definition) is 0. The Hall–Kier alpha value is -2.36. The molecule has 0 heterocycles. The molecule has 0 aromatic rings. The van der Waals surface area contributed by atoms with Gasteiger partial charge >= 0.3 is 11.9 Å². The Morgan fingerprint density at radius 1 is 0.415 bits per heavy atom. The van der Waals surface area contributed by atoms with Gasteiger partial charge in [0.2, 0.25) is 0 Å². The average Bonchev–Trinajstić information content (AvgIpc) is 1.40. The fraction of sp³-hybridized carbons (Fsp3) is 0.867. The van der Waals surface area contributed by atoms with Gasteiger partial charge in [0.15, 0.2) is 0 Å². The van der Waals surface area contributed by atoms with Gasteiger partial charge in [-0.3, -0.25) is 9.59 Å². The van der Waals surface area contributed by atoms with Crippen molar-refractivity contribution in [3.05, 3.63) is 59.8 Å². The van der Waals surface area contributed by atoms with Gasteiger partial charge in [-0.25, -0.2) is 0 Å². The Morgan fingerprint density at radius 3 is 1.18 bits per heavy atom. The highest BCUT2D eigenvalue weighted by molar-refractivity contribution is 5.70. The SMILES string of the molecule is CCCCC/C=C\C/C=C\CCCCCCCC(=O)O[C@H]1CC[C@@]2(C)C(=CC[C@H]3[C@@H]4CC[C@H]([C@H](C)CCCC(C)C)[C@@]4(C)CC[C@@H]32)C1.CCCCCCCC/C=C\CCCCCCCC(=O)O[C@H]1CC[C@@]2(C)C(=CC[C@H]3[C@@H]4CC[C@H]([C@H](C)CCCC(C)C)[C@@]4(C)CC[C@@H]32)C1. The summed E-state index contributed by atoms with van der Waals surface area (Å²) in [6, 6.07) is 0.